The van der Waals surface area contributed by atoms with Gasteiger partial charge in [-0.05, 0) is 57.6 Å². The lowest BCUT2D eigenvalue weighted by Crippen LogP contribution is -2.43. The first-order valence-electron chi connectivity index (χ1n) is 7.96. The van der Waals surface area contributed by atoms with Crippen LogP contribution >= 0.6 is 50.2 Å². The van der Waals surface area contributed by atoms with E-state index < -0.39 is 8.32 Å². The summed E-state index contributed by atoms with van der Waals surface area (Å²) >= 11 is 13.0. The lowest BCUT2D eigenvalue weighted by molar-refractivity contribution is 0.180. The van der Waals surface area contributed by atoms with Crippen molar-refractivity contribution in [3.63, 3.8) is 0 Å². The molecule has 0 saturated heterocycles. The second-order valence-electron chi connectivity index (χ2n) is 7.35. The SMILES string of the molecule is CC(C)(C)[Si](C)(C)OC(CNCc1ccc(Cl)s1)c1ccsc1Br. The van der Waals surface area contributed by atoms with Crippen LogP contribution in [0.5, 0.6) is 0 Å². The van der Waals surface area contributed by atoms with Crippen molar-refractivity contribution in [3.05, 3.63) is 42.1 Å². The Hall–Kier alpha value is 0.307. The molecule has 1 unspecified atom stereocenters. The van der Waals surface area contributed by atoms with Gasteiger partial charge in [-0.2, -0.15) is 0 Å². The number of hydrogen-bond donors (Lipinski definition) is 1. The van der Waals surface area contributed by atoms with Crippen LogP contribution in [-0.2, 0) is 11.0 Å². The van der Waals surface area contributed by atoms with Gasteiger partial charge in [-0.15, -0.1) is 22.7 Å². The highest BCUT2D eigenvalue weighted by Gasteiger charge is 2.39. The van der Waals surface area contributed by atoms with Gasteiger partial charge < -0.3 is 9.74 Å². The standard InChI is InChI=1S/C17H25BrClNOS2Si/c1-17(2,3)24(4,5)21-14(13-8-9-22-16(13)18)11-20-10-12-6-7-15(19)23-12/h6-9,14,20H,10-11H2,1-5H3. The van der Waals surface area contributed by atoms with Crippen molar-refractivity contribution in [2.75, 3.05) is 6.54 Å². The van der Waals surface area contributed by atoms with Crippen molar-refractivity contribution in [1.82, 2.24) is 5.32 Å². The molecule has 0 amide bonds. The summed E-state index contributed by atoms with van der Waals surface area (Å²) in [5, 5.41) is 5.84. The van der Waals surface area contributed by atoms with Gasteiger partial charge in [-0.25, -0.2) is 0 Å². The second-order valence-corrected chi connectivity index (χ2v) is 16.1. The van der Waals surface area contributed by atoms with Crippen LogP contribution in [0.3, 0.4) is 0 Å². The quantitative estimate of drug-likeness (QED) is 0.440. The minimum atomic E-state index is -1.85. The molecule has 2 heterocycles. The molecule has 2 aromatic heterocycles. The highest BCUT2D eigenvalue weighted by molar-refractivity contribution is 9.11. The van der Waals surface area contributed by atoms with Crippen LogP contribution < -0.4 is 5.32 Å². The zero-order chi connectivity index (χ0) is 18.0. The lowest BCUT2D eigenvalue weighted by atomic mass is 10.2. The van der Waals surface area contributed by atoms with Gasteiger partial charge >= 0.3 is 0 Å². The van der Waals surface area contributed by atoms with Gasteiger partial charge in [0.25, 0.3) is 0 Å². The van der Waals surface area contributed by atoms with E-state index in [1.165, 1.54) is 10.4 Å². The van der Waals surface area contributed by atoms with Crippen LogP contribution in [0.25, 0.3) is 0 Å². The van der Waals surface area contributed by atoms with Crippen molar-refractivity contribution in [2.24, 2.45) is 0 Å². The number of hydrogen-bond acceptors (Lipinski definition) is 4. The molecule has 2 rings (SSSR count). The Labute approximate surface area is 167 Å². The van der Waals surface area contributed by atoms with Gasteiger partial charge in [0, 0.05) is 23.5 Å². The van der Waals surface area contributed by atoms with Crippen molar-refractivity contribution in [1.29, 1.82) is 0 Å². The first-order chi connectivity index (χ1) is 11.1. The summed E-state index contributed by atoms with van der Waals surface area (Å²) < 4.78 is 8.70. The van der Waals surface area contributed by atoms with Crippen LogP contribution in [0, 0.1) is 0 Å². The third-order valence-corrected chi connectivity index (χ3v) is 11.9. The van der Waals surface area contributed by atoms with E-state index in [0.29, 0.717) is 0 Å². The Morgan fingerprint density at radius 3 is 2.50 bits per heavy atom. The normalized spacial score (nSPS) is 14.1. The molecule has 0 bridgehead atoms. The molecular formula is C17H25BrClNOS2Si. The van der Waals surface area contributed by atoms with E-state index in [1.54, 1.807) is 22.7 Å². The number of rotatable bonds is 7. The van der Waals surface area contributed by atoms with Crippen LogP contribution in [0.2, 0.25) is 22.5 Å². The van der Waals surface area contributed by atoms with E-state index in [1.807, 2.05) is 6.07 Å². The molecule has 134 valence electrons. The van der Waals surface area contributed by atoms with E-state index in [0.717, 1.165) is 21.2 Å². The Morgan fingerprint density at radius 1 is 1.29 bits per heavy atom. The summed E-state index contributed by atoms with van der Waals surface area (Å²) in [5.74, 6) is 0. The highest BCUT2D eigenvalue weighted by Crippen LogP contribution is 2.41. The molecule has 24 heavy (non-hydrogen) atoms. The number of nitrogens with one attached hydrogen (secondary N) is 1. The summed E-state index contributed by atoms with van der Waals surface area (Å²) in [6.45, 7) is 13.0. The van der Waals surface area contributed by atoms with Gasteiger partial charge in [0.15, 0.2) is 8.32 Å². The van der Waals surface area contributed by atoms with E-state index in [9.17, 15) is 0 Å². The molecule has 1 N–H and O–H groups in total. The molecule has 0 radical (unpaired) electrons. The van der Waals surface area contributed by atoms with E-state index in [2.05, 4.69) is 72.6 Å². The van der Waals surface area contributed by atoms with E-state index in [4.69, 9.17) is 16.0 Å². The summed E-state index contributed by atoms with van der Waals surface area (Å²) in [7, 11) is -1.85. The van der Waals surface area contributed by atoms with Crippen molar-refractivity contribution in [3.8, 4) is 0 Å². The Kier molecular flexibility index (Phi) is 7.16. The zero-order valence-corrected chi connectivity index (χ0v) is 19.8. The zero-order valence-electron chi connectivity index (χ0n) is 14.8. The minimum absolute atomic E-state index is 0.0574. The highest BCUT2D eigenvalue weighted by atomic mass is 79.9. The van der Waals surface area contributed by atoms with Crippen LogP contribution in [0.1, 0.15) is 37.3 Å². The van der Waals surface area contributed by atoms with Gasteiger partial charge in [-0.3, -0.25) is 0 Å². The van der Waals surface area contributed by atoms with Crippen molar-refractivity contribution in [2.45, 2.75) is 51.6 Å². The third kappa shape index (κ3) is 5.40. The summed E-state index contributed by atoms with van der Waals surface area (Å²) in [6.07, 6.45) is 0.0574. The minimum Gasteiger partial charge on any atom is -0.409 e. The number of thiophene rings is 2. The molecule has 0 aliphatic rings. The van der Waals surface area contributed by atoms with Crippen LogP contribution in [-0.4, -0.2) is 14.9 Å². The fraction of sp³-hybridized carbons (Fsp3) is 0.529. The topological polar surface area (TPSA) is 21.3 Å². The van der Waals surface area contributed by atoms with Gasteiger partial charge in [0.05, 0.1) is 14.2 Å². The first-order valence-corrected chi connectivity index (χ1v) is 13.7. The Morgan fingerprint density at radius 2 is 2.00 bits per heavy atom. The number of halogens is 2. The van der Waals surface area contributed by atoms with Gasteiger partial charge in [0.1, 0.15) is 0 Å². The first kappa shape index (κ1) is 20.6. The molecule has 1 atom stereocenters. The predicted molar refractivity (Wildman–Crippen MR) is 114 cm³/mol. The Balaban J connectivity index is 2.07. The summed E-state index contributed by atoms with van der Waals surface area (Å²) in [6, 6.07) is 6.18. The molecular weight excluding hydrogens is 442 g/mol. The molecule has 2 nitrogen and oxygen atoms in total. The maximum atomic E-state index is 6.70. The smallest absolute Gasteiger partial charge is 0.192 e. The van der Waals surface area contributed by atoms with Crippen LogP contribution in [0.15, 0.2) is 27.4 Å². The molecule has 0 fully saturated rings. The largest absolute Gasteiger partial charge is 0.409 e. The molecule has 2 aromatic rings. The maximum absolute atomic E-state index is 6.70. The van der Waals surface area contributed by atoms with Crippen molar-refractivity contribution < 1.29 is 4.43 Å². The third-order valence-electron chi connectivity index (χ3n) is 4.49. The van der Waals surface area contributed by atoms with Gasteiger partial charge in [0.2, 0.25) is 0 Å². The fourth-order valence-corrected chi connectivity index (χ4v) is 5.77. The fourth-order valence-electron chi connectivity index (χ4n) is 2.06. The van der Waals surface area contributed by atoms with Crippen molar-refractivity contribution >= 4 is 58.5 Å². The van der Waals surface area contributed by atoms with E-state index in [-0.39, 0.29) is 11.1 Å². The average Bonchev–Trinajstić information content (AvgIpc) is 3.05. The van der Waals surface area contributed by atoms with Crippen LogP contribution in [0.4, 0.5) is 0 Å². The maximum Gasteiger partial charge on any atom is 0.192 e. The summed E-state index contributed by atoms with van der Waals surface area (Å²) in [5.41, 5.74) is 1.24. The van der Waals surface area contributed by atoms with Gasteiger partial charge in [-0.1, -0.05) is 32.4 Å². The summed E-state index contributed by atoms with van der Waals surface area (Å²) in [4.78, 5) is 1.25. The molecule has 0 aromatic carbocycles. The lowest BCUT2D eigenvalue weighted by Gasteiger charge is -2.39. The molecule has 0 aliphatic heterocycles. The average molecular weight is 467 g/mol. The second kappa shape index (κ2) is 8.33. The molecule has 7 heteroatoms. The monoisotopic (exact) mass is 465 g/mol. The molecule has 0 saturated carbocycles. The molecule has 0 aliphatic carbocycles. The predicted octanol–water partition coefficient (Wildman–Crippen LogP) is 7.08. The molecule has 0 spiro atoms. The van der Waals surface area contributed by atoms with E-state index >= 15 is 0 Å². The Bertz CT molecular complexity index is 666.